The molecule has 0 saturated carbocycles. The molecule has 1 aliphatic rings. The lowest BCUT2D eigenvalue weighted by atomic mass is 10.1. The van der Waals surface area contributed by atoms with Gasteiger partial charge in [-0.15, -0.1) is 0 Å². The Morgan fingerprint density at radius 1 is 1.15 bits per heavy atom. The predicted octanol–water partition coefficient (Wildman–Crippen LogP) is 4.41. The van der Waals surface area contributed by atoms with Crippen LogP contribution in [0.2, 0.25) is 0 Å². The SMILES string of the molecule is CCOC(=O)c1cccc(N2CCN(CCOC)c3nc(-c4cccc5[nH]ccc45)ncc32)c1. The van der Waals surface area contributed by atoms with Crippen LogP contribution < -0.4 is 9.80 Å². The van der Waals surface area contributed by atoms with E-state index in [0.717, 1.165) is 53.3 Å². The average Bonchev–Trinajstić information content (AvgIpc) is 3.36. The zero-order chi connectivity index (χ0) is 23.5. The first-order chi connectivity index (χ1) is 16.7. The average molecular weight is 458 g/mol. The fraction of sp³-hybridized carbons (Fsp3) is 0.269. The molecular formula is C26H27N5O3. The van der Waals surface area contributed by atoms with Gasteiger partial charge < -0.3 is 24.3 Å². The highest BCUT2D eigenvalue weighted by atomic mass is 16.5. The molecule has 0 atom stereocenters. The summed E-state index contributed by atoms with van der Waals surface area (Å²) in [5.74, 6) is 1.20. The number of aromatic nitrogens is 3. The number of hydrogen-bond donors (Lipinski definition) is 1. The van der Waals surface area contributed by atoms with Crippen LogP contribution >= 0.6 is 0 Å². The van der Waals surface area contributed by atoms with Crippen molar-refractivity contribution in [2.75, 3.05) is 49.8 Å². The molecule has 34 heavy (non-hydrogen) atoms. The van der Waals surface area contributed by atoms with Crippen molar-refractivity contribution in [2.45, 2.75) is 6.92 Å². The fourth-order valence-corrected chi connectivity index (χ4v) is 4.35. The molecule has 0 radical (unpaired) electrons. The Morgan fingerprint density at radius 2 is 2.03 bits per heavy atom. The number of anilines is 3. The van der Waals surface area contributed by atoms with Gasteiger partial charge in [-0.2, -0.15) is 0 Å². The lowest BCUT2D eigenvalue weighted by molar-refractivity contribution is 0.0526. The number of benzene rings is 2. The van der Waals surface area contributed by atoms with Crippen LogP contribution in [0.25, 0.3) is 22.3 Å². The summed E-state index contributed by atoms with van der Waals surface area (Å²) >= 11 is 0. The van der Waals surface area contributed by atoms with E-state index in [4.69, 9.17) is 19.4 Å². The number of hydrogen-bond acceptors (Lipinski definition) is 7. The van der Waals surface area contributed by atoms with Crippen molar-refractivity contribution < 1.29 is 14.3 Å². The molecule has 2 aromatic carbocycles. The quantitative estimate of drug-likeness (QED) is 0.412. The van der Waals surface area contributed by atoms with E-state index in [-0.39, 0.29) is 5.97 Å². The van der Waals surface area contributed by atoms with Crippen LogP contribution in [-0.2, 0) is 9.47 Å². The summed E-state index contributed by atoms with van der Waals surface area (Å²) < 4.78 is 10.5. The van der Waals surface area contributed by atoms with Gasteiger partial charge in [0.25, 0.3) is 0 Å². The van der Waals surface area contributed by atoms with Gasteiger partial charge in [-0.05, 0) is 37.3 Å². The molecule has 4 aromatic rings. The molecule has 2 aromatic heterocycles. The monoisotopic (exact) mass is 457 g/mol. The number of methoxy groups -OCH3 is 1. The van der Waals surface area contributed by atoms with Crippen molar-refractivity contribution in [3.05, 3.63) is 66.5 Å². The number of ether oxygens (including phenoxy) is 2. The highest BCUT2D eigenvalue weighted by molar-refractivity contribution is 5.94. The summed E-state index contributed by atoms with van der Waals surface area (Å²) in [5, 5.41) is 1.08. The molecule has 0 bridgehead atoms. The molecule has 1 aliphatic heterocycles. The van der Waals surface area contributed by atoms with Crippen LogP contribution in [0.4, 0.5) is 17.2 Å². The van der Waals surface area contributed by atoms with Gasteiger partial charge in [0.2, 0.25) is 0 Å². The Balaban J connectivity index is 1.57. The molecule has 5 rings (SSSR count). The Labute approximate surface area is 198 Å². The number of H-pyrrole nitrogens is 1. The first-order valence-electron chi connectivity index (χ1n) is 11.4. The molecule has 1 N–H and O–H groups in total. The Kier molecular flexibility index (Phi) is 6.14. The van der Waals surface area contributed by atoms with Crippen molar-refractivity contribution >= 4 is 34.1 Å². The standard InChI is InChI=1S/C26H27N5O3/c1-3-34-26(32)18-6-4-7-19(16-18)31-13-12-30(14-15-33-2)25-23(31)17-28-24(29-25)21-8-5-9-22-20(21)10-11-27-22/h4-11,16-17,27H,3,12-15H2,1-2H3. The lowest BCUT2D eigenvalue weighted by Crippen LogP contribution is -2.41. The lowest BCUT2D eigenvalue weighted by Gasteiger charge is -2.37. The first-order valence-corrected chi connectivity index (χ1v) is 11.4. The molecule has 0 spiro atoms. The smallest absolute Gasteiger partial charge is 0.338 e. The number of rotatable bonds is 7. The zero-order valence-electron chi connectivity index (χ0n) is 19.3. The van der Waals surface area contributed by atoms with Crippen molar-refractivity contribution in [3.8, 4) is 11.4 Å². The first kappa shape index (κ1) is 21.9. The number of carbonyl (C=O) groups is 1. The van der Waals surface area contributed by atoms with Crippen molar-refractivity contribution in [1.29, 1.82) is 0 Å². The van der Waals surface area contributed by atoms with E-state index in [1.54, 1.807) is 20.1 Å². The van der Waals surface area contributed by atoms with Gasteiger partial charge >= 0.3 is 5.97 Å². The minimum Gasteiger partial charge on any atom is -0.462 e. The summed E-state index contributed by atoms with van der Waals surface area (Å²) in [7, 11) is 1.70. The Bertz CT molecular complexity index is 1320. The van der Waals surface area contributed by atoms with Gasteiger partial charge in [0, 0.05) is 55.1 Å². The topological polar surface area (TPSA) is 83.6 Å². The summed E-state index contributed by atoms with van der Waals surface area (Å²) in [4.78, 5) is 29.7. The van der Waals surface area contributed by atoms with Crippen LogP contribution in [0.5, 0.6) is 0 Å². The zero-order valence-corrected chi connectivity index (χ0v) is 19.3. The summed E-state index contributed by atoms with van der Waals surface area (Å²) in [6.45, 7) is 4.98. The van der Waals surface area contributed by atoms with Gasteiger partial charge in [0.05, 0.1) is 25.0 Å². The van der Waals surface area contributed by atoms with Crippen LogP contribution in [0.1, 0.15) is 17.3 Å². The molecule has 0 aliphatic carbocycles. The van der Waals surface area contributed by atoms with E-state index in [2.05, 4.69) is 14.8 Å². The molecule has 0 amide bonds. The van der Waals surface area contributed by atoms with Crippen LogP contribution in [0.3, 0.4) is 0 Å². The molecule has 8 nitrogen and oxygen atoms in total. The number of esters is 1. The normalized spacial score (nSPS) is 13.2. The van der Waals surface area contributed by atoms with Gasteiger partial charge in [0.15, 0.2) is 11.6 Å². The maximum absolute atomic E-state index is 12.3. The molecule has 3 heterocycles. The van der Waals surface area contributed by atoms with E-state index >= 15 is 0 Å². The number of carbonyl (C=O) groups excluding carboxylic acids is 1. The molecule has 8 heteroatoms. The largest absolute Gasteiger partial charge is 0.462 e. The highest BCUT2D eigenvalue weighted by Gasteiger charge is 2.27. The van der Waals surface area contributed by atoms with Crippen LogP contribution in [-0.4, -0.2) is 60.9 Å². The second-order valence-electron chi connectivity index (χ2n) is 8.05. The molecule has 0 saturated heterocycles. The van der Waals surface area contributed by atoms with E-state index in [1.807, 2.05) is 54.9 Å². The Morgan fingerprint density at radius 3 is 2.88 bits per heavy atom. The van der Waals surface area contributed by atoms with Gasteiger partial charge in [-0.25, -0.2) is 14.8 Å². The third kappa shape index (κ3) is 4.08. The maximum Gasteiger partial charge on any atom is 0.338 e. The number of aromatic amines is 1. The van der Waals surface area contributed by atoms with Crippen LogP contribution in [0, 0.1) is 0 Å². The molecular weight excluding hydrogens is 430 g/mol. The molecule has 174 valence electrons. The maximum atomic E-state index is 12.3. The number of nitrogens with one attached hydrogen (secondary N) is 1. The minimum absolute atomic E-state index is 0.325. The summed E-state index contributed by atoms with van der Waals surface area (Å²) in [6, 6.07) is 15.6. The van der Waals surface area contributed by atoms with E-state index in [9.17, 15) is 4.79 Å². The fourth-order valence-electron chi connectivity index (χ4n) is 4.35. The van der Waals surface area contributed by atoms with E-state index < -0.39 is 0 Å². The van der Waals surface area contributed by atoms with Crippen molar-refractivity contribution in [3.63, 3.8) is 0 Å². The van der Waals surface area contributed by atoms with E-state index in [0.29, 0.717) is 24.6 Å². The predicted molar refractivity (Wildman–Crippen MR) is 133 cm³/mol. The molecule has 0 fully saturated rings. The minimum atomic E-state index is -0.325. The van der Waals surface area contributed by atoms with Crippen molar-refractivity contribution in [2.24, 2.45) is 0 Å². The highest BCUT2D eigenvalue weighted by Crippen LogP contribution is 2.38. The van der Waals surface area contributed by atoms with E-state index in [1.165, 1.54) is 0 Å². The van der Waals surface area contributed by atoms with Gasteiger partial charge in [-0.1, -0.05) is 18.2 Å². The molecule has 0 unspecified atom stereocenters. The van der Waals surface area contributed by atoms with Gasteiger partial charge in [0.1, 0.15) is 5.69 Å². The van der Waals surface area contributed by atoms with Gasteiger partial charge in [-0.3, -0.25) is 0 Å². The Hall–Kier alpha value is -3.91. The summed E-state index contributed by atoms with van der Waals surface area (Å²) in [6.07, 6.45) is 3.80. The second-order valence-corrected chi connectivity index (χ2v) is 8.05. The second kappa shape index (κ2) is 9.52. The van der Waals surface area contributed by atoms with Crippen LogP contribution in [0.15, 0.2) is 60.9 Å². The summed E-state index contributed by atoms with van der Waals surface area (Å²) in [5.41, 5.74) is 4.36. The third-order valence-electron chi connectivity index (χ3n) is 6.00. The third-order valence-corrected chi connectivity index (χ3v) is 6.00. The number of nitrogens with zero attached hydrogens (tertiary/aromatic N) is 4. The van der Waals surface area contributed by atoms with Crippen molar-refractivity contribution in [1.82, 2.24) is 15.0 Å². The number of fused-ring (bicyclic) bond motifs is 2.